The molecule has 0 bridgehead atoms. The maximum atomic E-state index is 6.26. The van der Waals surface area contributed by atoms with Gasteiger partial charge in [-0.05, 0) is 22.8 Å². The molecule has 0 nitrogen and oxygen atoms in total. The van der Waals surface area contributed by atoms with Crippen molar-refractivity contribution in [2.24, 2.45) is 0 Å². The average Bonchev–Trinajstić information content (AvgIpc) is 2.40. The molecule has 0 aromatic heterocycles. The summed E-state index contributed by atoms with van der Waals surface area (Å²) < 4.78 is 0. The zero-order valence-electron chi connectivity index (χ0n) is 9.44. The first-order chi connectivity index (χ1) is 8.27. The predicted molar refractivity (Wildman–Crippen MR) is 75.7 cm³/mol. The predicted octanol–water partition coefficient (Wildman–Crippen LogP) is 4.98. The molecule has 0 saturated carbocycles. The number of halogens is 1. The van der Waals surface area contributed by atoms with E-state index in [1.165, 1.54) is 0 Å². The quantitative estimate of drug-likeness (QED) is 0.664. The topological polar surface area (TPSA) is 0 Å². The summed E-state index contributed by atoms with van der Waals surface area (Å²) in [7, 11) is 0. The number of hydrogen-bond acceptors (Lipinski definition) is 0. The van der Waals surface area contributed by atoms with Gasteiger partial charge in [0, 0.05) is 5.03 Å². The molecule has 0 unspecified atom stereocenters. The van der Waals surface area contributed by atoms with Crippen molar-refractivity contribution >= 4 is 23.3 Å². The molecule has 0 radical (unpaired) electrons. The maximum absolute atomic E-state index is 6.26. The second kappa shape index (κ2) is 5.51. The van der Waals surface area contributed by atoms with Crippen molar-refractivity contribution in [2.75, 3.05) is 0 Å². The van der Waals surface area contributed by atoms with Crippen LogP contribution in [0.5, 0.6) is 0 Å². The molecule has 0 N–H and O–H groups in total. The van der Waals surface area contributed by atoms with Crippen molar-refractivity contribution < 1.29 is 0 Å². The molecule has 0 spiro atoms. The Hall–Kier alpha value is -1.79. The van der Waals surface area contributed by atoms with E-state index >= 15 is 0 Å². The average molecular weight is 241 g/mol. The third-order valence-electron chi connectivity index (χ3n) is 2.50. The Kier molecular flexibility index (Phi) is 3.79. The molecule has 0 atom stereocenters. The van der Waals surface area contributed by atoms with E-state index in [1.54, 1.807) is 0 Å². The molecule has 0 aliphatic rings. The first-order valence-corrected chi connectivity index (χ1v) is 5.82. The Morgan fingerprint density at radius 3 is 2.00 bits per heavy atom. The van der Waals surface area contributed by atoms with Crippen molar-refractivity contribution in [2.45, 2.75) is 0 Å². The summed E-state index contributed by atoms with van der Waals surface area (Å²) in [5, 5.41) is 0.669. The van der Waals surface area contributed by atoms with Crippen LogP contribution in [-0.2, 0) is 0 Å². The molecule has 0 aliphatic carbocycles. The van der Waals surface area contributed by atoms with E-state index in [9.17, 15) is 0 Å². The second-order valence-corrected chi connectivity index (χ2v) is 4.15. The van der Waals surface area contributed by atoms with Crippen molar-refractivity contribution in [1.29, 1.82) is 0 Å². The van der Waals surface area contributed by atoms with E-state index in [0.29, 0.717) is 5.03 Å². The Balaban J connectivity index is 2.24. The summed E-state index contributed by atoms with van der Waals surface area (Å²) in [6, 6.07) is 19.9. The van der Waals surface area contributed by atoms with Crippen LogP contribution >= 0.6 is 11.6 Å². The third kappa shape index (κ3) is 3.08. The monoisotopic (exact) mass is 240 g/mol. The SMILES string of the molecule is C=C(C(Cl)=Cc1ccccc1)c1ccccc1. The molecule has 2 aromatic carbocycles. The molecule has 0 saturated heterocycles. The first kappa shape index (κ1) is 11.7. The highest BCUT2D eigenvalue weighted by Crippen LogP contribution is 2.25. The Bertz CT molecular complexity index is 524. The minimum atomic E-state index is 0.669. The van der Waals surface area contributed by atoms with Crippen LogP contribution in [0.25, 0.3) is 11.6 Å². The molecule has 0 heterocycles. The Labute approximate surface area is 107 Å². The maximum Gasteiger partial charge on any atom is 0.0484 e. The molecular weight excluding hydrogens is 228 g/mol. The number of hydrogen-bond donors (Lipinski definition) is 0. The molecule has 17 heavy (non-hydrogen) atoms. The molecule has 1 heteroatoms. The van der Waals surface area contributed by atoms with Gasteiger partial charge in [0.25, 0.3) is 0 Å². The highest BCUT2D eigenvalue weighted by molar-refractivity contribution is 6.38. The van der Waals surface area contributed by atoms with Gasteiger partial charge in [-0.25, -0.2) is 0 Å². The van der Waals surface area contributed by atoms with Crippen LogP contribution in [0, 0.1) is 0 Å². The lowest BCUT2D eigenvalue weighted by molar-refractivity contribution is 1.61. The van der Waals surface area contributed by atoms with E-state index in [4.69, 9.17) is 11.6 Å². The zero-order chi connectivity index (χ0) is 12.1. The molecule has 0 fully saturated rings. The Morgan fingerprint density at radius 1 is 0.882 bits per heavy atom. The smallest absolute Gasteiger partial charge is 0.0484 e. The summed E-state index contributed by atoms with van der Waals surface area (Å²) in [5.41, 5.74) is 2.97. The van der Waals surface area contributed by atoms with Gasteiger partial charge < -0.3 is 0 Å². The van der Waals surface area contributed by atoms with E-state index in [-0.39, 0.29) is 0 Å². The van der Waals surface area contributed by atoms with Crippen molar-refractivity contribution in [3.63, 3.8) is 0 Å². The number of benzene rings is 2. The van der Waals surface area contributed by atoms with Crippen LogP contribution in [0.3, 0.4) is 0 Å². The van der Waals surface area contributed by atoms with Crippen LogP contribution in [-0.4, -0.2) is 0 Å². The van der Waals surface area contributed by atoms with Gasteiger partial charge in [0.1, 0.15) is 0 Å². The van der Waals surface area contributed by atoms with Gasteiger partial charge in [-0.2, -0.15) is 0 Å². The fraction of sp³-hybridized carbons (Fsp3) is 0. The second-order valence-electron chi connectivity index (χ2n) is 3.75. The van der Waals surface area contributed by atoms with Gasteiger partial charge >= 0.3 is 0 Å². The molecule has 2 rings (SSSR count). The summed E-state index contributed by atoms with van der Waals surface area (Å²) in [6.07, 6.45) is 1.93. The minimum absolute atomic E-state index is 0.669. The highest BCUT2D eigenvalue weighted by atomic mass is 35.5. The van der Waals surface area contributed by atoms with E-state index in [2.05, 4.69) is 6.58 Å². The molecule has 0 aliphatic heterocycles. The van der Waals surface area contributed by atoms with E-state index in [0.717, 1.165) is 16.7 Å². The number of allylic oxidation sites excluding steroid dienone is 2. The van der Waals surface area contributed by atoms with Gasteiger partial charge in [-0.3, -0.25) is 0 Å². The molecule has 84 valence electrons. The van der Waals surface area contributed by atoms with Crippen LogP contribution in [0.1, 0.15) is 11.1 Å². The fourth-order valence-electron chi connectivity index (χ4n) is 1.56. The normalized spacial score (nSPS) is 11.2. The van der Waals surface area contributed by atoms with Crippen LogP contribution in [0.2, 0.25) is 0 Å². The van der Waals surface area contributed by atoms with Gasteiger partial charge in [-0.15, -0.1) is 0 Å². The van der Waals surface area contributed by atoms with Crippen molar-refractivity contribution in [1.82, 2.24) is 0 Å². The van der Waals surface area contributed by atoms with Crippen molar-refractivity contribution in [3.05, 3.63) is 83.4 Å². The summed E-state index contributed by atoms with van der Waals surface area (Å²) in [5.74, 6) is 0. The highest BCUT2D eigenvalue weighted by Gasteiger charge is 2.02. The molecular formula is C16H13Cl. The zero-order valence-corrected chi connectivity index (χ0v) is 10.2. The van der Waals surface area contributed by atoms with Crippen LogP contribution < -0.4 is 0 Å². The van der Waals surface area contributed by atoms with Gasteiger partial charge in [0.2, 0.25) is 0 Å². The third-order valence-corrected chi connectivity index (χ3v) is 2.84. The molecule has 0 amide bonds. The summed E-state index contributed by atoms with van der Waals surface area (Å²) >= 11 is 6.26. The van der Waals surface area contributed by atoms with E-state index < -0.39 is 0 Å². The van der Waals surface area contributed by atoms with Crippen molar-refractivity contribution in [3.8, 4) is 0 Å². The van der Waals surface area contributed by atoms with Gasteiger partial charge in [0.15, 0.2) is 0 Å². The lowest BCUT2D eigenvalue weighted by Gasteiger charge is -2.04. The lowest BCUT2D eigenvalue weighted by atomic mass is 10.1. The summed E-state index contributed by atoms with van der Waals surface area (Å²) in [6.45, 7) is 4.02. The lowest BCUT2D eigenvalue weighted by Crippen LogP contribution is -1.82. The van der Waals surface area contributed by atoms with Gasteiger partial charge in [0.05, 0.1) is 0 Å². The minimum Gasteiger partial charge on any atom is -0.0897 e. The number of rotatable bonds is 3. The first-order valence-electron chi connectivity index (χ1n) is 5.44. The van der Waals surface area contributed by atoms with Gasteiger partial charge in [-0.1, -0.05) is 78.8 Å². The van der Waals surface area contributed by atoms with Crippen LogP contribution in [0.4, 0.5) is 0 Å². The standard InChI is InChI=1S/C16H13Cl/c1-13(15-10-6-3-7-11-15)16(17)12-14-8-4-2-5-9-14/h2-12H,1H2. The molecule has 2 aromatic rings. The van der Waals surface area contributed by atoms with E-state index in [1.807, 2.05) is 66.7 Å². The summed E-state index contributed by atoms with van der Waals surface area (Å²) in [4.78, 5) is 0. The Morgan fingerprint density at radius 2 is 1.41 bits per heavy atom. The van der Waals surface area contributed by atoms with Crippen LogP contribution in [0.15, 0.2) is 72.3 Å². The largest absolute Gasteiger partial charge is 0.0897 e. The fourth-order valence-corrected chi connectivity index (χ4v) is 1.80.